The van der Waals surface area contributed by atoms with Crippen molar-refractivity contribution in [2.75, 3.05) is 32.7 Å². The molecule has 1 atom stereocenters. The van der Waals surface area contributed by atoms with Crippen LogP contribution in [0.3, 0.4) is 0 Å². The highest BCUT2D eigenvalue weighted by atomic mass is 16.2. The van der Waals surface area contributed by atoms with Gasteiger partial charge < -0.3 is 10.2 Å². The average molecular weight is 343 g/mol. The fraction of sp³-hybridized carbons (Fsp3) is 0.600. The van der Waals surface area contributed by atoms with Crippen molar-refractivity contribution in [2.24, 2.45) is 0 Å². The average Bonchev–Trinajstić information content (AvgIpc) is 2.79. The fourth-order valence-corrected chi connectivity index (χ4v) is 3.76. The molecule has 5 nitrogen and oxygen atoms in total. The Hall–Kier alpha value is -1.88. The lowest BCUT2D eigenvalue weighted by Crippen LogP contribution is -2.43. The van der Waals surface area contributed by atoms with E-state index in [-0.39, 0.29) is 17.9 Å². The molecule has 0 radical (unpaired) electrons. The Labute approximate surface area is 150 Å². The van der Waals surface area contributed by atoms with Crippen molar-refractivity contribution in [1.82, 2.24) is 15.1 Å². The topological polar surface area (TPSA) is 52.7 Å². The quantitative estimate of drug-likeness (QED) is 0.857. The van der Waals surface area contributed by atoms with Crippen molar-refractivity contribution < 1.29 is 9.59 Å². The van der Waals surface area contributed by atoms with E-state index < -0.39 is 0 Å². The summed E-state index contributed by atoms with van der Waals surface area (Å²) >= 11 is 0. The molecular formula is C20H29N3O2. The number of nitrogens with one attached hydrogen (secondary N) is 1. The van der Waals surface area contributed by atoms with Crippen LogP contribution in [-0.2, 0) is 16.0 Å². The number of carbonyl (C=O) groups is 2. The van der Waals surface area contributed by atoms with Gasteiger partial charge in [0.2, 0.25) is 11.8 Å². The standard InChI is InChI=1S/C20H29N3O2/c24-19(16-22-11-6-1-2-7-12-22)21-18-14-20(25)23(15-18)13-10-17-8-4-3-5-9-17/h3-5,8-9,18H,1-2,6-7,10-16H2,(H,21,24). The predicted molar refractivity (Wildman–Crippen MR) is 98.2 cm³/mol. The van der Waals surface area contributed by atoms with Crippen LogP contribution >= 0.6 is 0 Å². The molecule has 136 valence electrons. The van der Waals surface area contributed by atoms with E-state index in [2.05, 4.69) is 22.3 Å². The normalized spacial score (nSPS) is 22.0. The molecule has 2 amide bonds. The summed E-state index contributed by atoms with van der Waals surface area (Å²) in [6.07, 6.45) is 6.20. The lowest BCUT2D eigenvalue weighted by atomic mass is 10.1. The first-order chi connectivity index (χ1) is 12.2. The van der Waals surface area contributed by atoms with Crippen LogP contribution in [0.15, 0.2) is 30.3 Å². The molecule has 25 heavy (non-hydrogen) atoms. The highest BCUT2D eigenvalue weighted by Gasteiger charge is 2.30. The Morgan fingerprint density at radius 3 is 2.52 bits per heavy atom. The molecular weight excluding hydrogens is 314 g/mol. The smallest absolute Gasteiger partial charge is 0.234 e. The molecule has 1 aromatic carbocycles. The number of hydrogen-bond donors (Lipinski definition) is 1. The maximum atomic E-state index is 12.3. The van der Waals surface area contributed by atoms with Gasteiger partial charge in [-0.3, -0.25) is 14.5 Å². The Morgan fingerprint density at radius 1 is 1.08 bits per heavy atom. The molecule has 2 fully saturated rings. The van der Waals surface area contributed by atoms with Crippen molar-refractivity contribution in [3.63, 3.8) is 0 Å². The molecule has 0 aromatic heterocycles. The van der Waals surface area contributed by atoms with Gasteiger partial charge >= 0.3 is 0 Å². The molecule has 1 aromatic rings. The van der Waals surface area contributed by atoms with E-state index in [1.807, 2.05) is 23.1 Å². The monoisotopic (exact) mass is 343 g/mol. The van der Waals surface area contributed by atoms with Gasteiger partial charge in [0, 0.05) is 19.5 Å². The zero-order chi connectivity index (χ0) is 17.5. The molecule has 3 rings (SSSR count). The summed E-state index contributed by atoms with van der Waals surface area (Å²) in [7, 11) is 0. The molecule has 0 bridgehead atoms. The van der Waals surface area contributed by atoms with Crippen LogP contribution in [0.5, 0.6) is 0 Å². The van der Waals surface area contributed by atoms with Crippen LogP contribution in [0.1, 0.15) is 37.7 Å². The van der Waals surface area contributed by atoms with Crippen molar-refractivity contribution in [2.45, 2.75) is 44.6 Å². The summed E-state index contributed by atoms with van der Waals surface area (Å²) in [5.41, 5.74) is 1.24. The first kappa shape index (κ1) is 17.9. The van der Waals surface area contributed by atoms with E-state index in [9.17, 15) is 9.59 Å². The number of carbonyl (C=O) groups excluding carboxylic acids is 2. The van der Waals surface area contributed by atoms with Crippen molar-refractivity contribution in [3.05, 3.63) is 35.9 Å². The summed E-state index contributed by atoms with van der Waals surface area (Å²) in [5, 5.41) is 3.06. The van der Waals surface area contributed by atoms with Crippen LogP contribution in [-0.4, -0.2) is 60.4 Å². The van der Waals surface area contributed by atoms with Crippen molar-refractivity contribution >= 4 is 11.8 Å². The molecule has 2 saturated heterocycles. The summed E-state index contributed by atoms with van der Waals surface area (Å²) in [5.74, 6) is 0.209. The minimum atomic E-state index is -0.0391. The number of hydrogen-bond acceptors (Lipinski definition) is 3. The highest BCUT2D eigenvalue weighted by Crippen LogP contribution is 2.13. The summed E-state index contributed by atoms with van der Waals surface area (Å²) in [6.45, 7) is 3.86. The molecule has 2 heterocycles. The number of rotatable bonds is 6. The molecule has 1 unspecified atom stereocenters. The Kier molecular flexibility index (Phi) is 6.45. The van der Waals surface area contributed by atoms with Gasteiger partial charge in [-0.25, -0.2) is 0 Å². The van der Waals surface area contributed by atoms with Crippen LogP contribution in [0, 0.1) is 0 Å². The third-order valence-electron chi connectivity index (χ3n) is 5.16. The van der Waals surface area contributed by atoms with E-state index in [0.29, 0.717) is 19.5 Å². The largest absolute Gasteiger partial charge is 0.350 e. The van der Waals surface area contributed by atoms with Crippen LogP contribution in [0.4, 0.5) is 0 Å². The van der Waals surface area contributed by atoms with Gasteiger partial charge in [0.05, 0.1) is 12.6 Å². The second kappa shape index (κ2) is 8.99. The number of likely N-dealkylation sites (tertiary alicyclic amines) is 2. The van der Waals surface area contributed by atoms with Gasteiger partial charge in [0.25, 0.3) is 0 Å². The van der Waals surface area contributed by atoms with Crippen LogP contribution in [0.25, 0.3) is 0 Å². The molecule has 0 spiro atoms. The first-order valence-corrected chi connectivity index (χ1v) is 9.54. The van der Waals surface area contributed by atoms with Crippen molar-refractivity contribution in [3.8, 4) is 0 Å². The van der Waals surface area contributed by atoms with Gasteiger partial charge in [-0.15, -0.1) is 0 Å². The highest BCUT2D eigenvalue weighted by molar-refractivity contribution is 5.83. The second-order valence-electron chi connectivity index (χ2n) is 7.23. The maximum absolute atomic E-state index is 12.3. The maximum Gasteiger partial charge on any atom is 0.234 e. The van der Waals surface area contributed by atoms with E-state index in [1.54, 1.807) is 0 Å². The van der Waals surface area contributed by atoms with Gasteiger partial charge in [0.1, 0.15) is 0 Å². The third-order valence-corrected chi connectivity index (χ3v) is 5.16. The summed E-state index contributed by atoms with van der Waals surface area (Å²) in [4.78, 5) is 28.6. The van der Waals surface area contributed by atoms with E-state index >= 15 is 0 Å². The molecule has 5 heteroatoms. The summed E-state index contributed by atoms with van der Waals surface area (Å²) in [6, 6.07) is 10.2. The first-order valence-electron chi connectivity index (χ1n) is 9.54. The van der Waals surface area contributed by atoms with Gasteiger partial charge in [-0.2, -0.15) is 0 Å². The van der Waals surface area contributed by atoms with Crippen LogP contribution in [0.2, 0.25) is 0 Å². The SMILES string of the molecule is O=C(CN1CCCCCC1)NC1CC(=O)N(CCc2ccccc2)C1. The predicted octanol–water partition coefficient (Wildman–Crippen LogP) is 1.82. The zero-order valence-corrected chi connectivity index (χ0v) is 15.0. The number of amides is 2. The number of nitrogens with zero attached hydrogens (tertiary/aromatic N) is 2. The fourth-order valence-electron chi connectivity index (χ4n) is 3.76. The molecule has 0 saturated carbocycles. The van der Waals surface area contributed by atoms with Gasteiger partial charge in [0.15, 0.2) is 0 Å². The molecule has 1 N–H and O–H groups in total. The van der Waals surface area contributed by atoms with E-state index in [1.165, 1.54) is 31.2 Å². The molecule has 2 aliphatic rings. The molecule has 2 aliphatic heterocycles. The van der Waals surface area contributed by atoms with Crippen molar-refractivity contribution in [1.29, 1.82) is 0 Å². The minimum absolute atomic E-state index is 0.0391. The zero-order valence-electron chi connectivity index (χ0n) is 15.0. The Balaban J connectivity index is 1.41. The molecule has 0 aliphatic carbocycles. The van der Waals surface area contributed by atoms with E-state index in [4.69, 9.17) is 0 Å². The summed E-state index contributed by atoms with van der Waals surface area (Å²) < 4.78 is 0. The number of benzene rings is 1. The Bertz CT molecular complexity index is 568. The lowest BCUT2D eigenvalue weighted by Gasteiger charge is -2.21. The van der Waals surface area contributed by atoms with Gasteiger partial charge in [-0.05, 0) is 37.9 Å². The van der Waals surface area contributed by atoms with Crippen LogP contribution < -0.4 is 5.32 Å². The van der Waals surface area contributed by atoms with E-state index in [0.717, 1.165) is 26.1 Å². The lowest BCUT2D eigenvalue weighted by molar-refractivity contribution is -0.127. The minimum Gasteiger partial charge on any atom is -0.350 e. The van der Waals surface area contributed by atoms with Gasteiger partial charge in [-0.1, -0.05) is 43.2 Å². The Morgan fingerprint density at radius 2 is 1.80 bits per heavy atom. The third kappa shape index (κ3) is 5.56. The second-order valence-corrected chi connectivity index (χ2v) is 7.23.